The highest BCUT2D eigenvalue weighted by Crippen LogP contribution is 2.14. The largest absolute Gasteiger partial charge is 0.301 e. The first-order valence-corrected chi connectivity index (χ1v) is 4.72. The molecule has 0 rings (SSSR count). The lowest BCUT2D eigenvalue weighted by Gasteiger charge is -2.32. The van der Waals surface area contributed by atoms with Gasteiger partial charge in [0.1, 0.15) is 0 Å². The fourth-order valence-electron chi connectivity index (χ4n) is 1.21. The molecule has 1 nitrogen and oxygen atoms in total. The second-order valence-corrected chi connectivity index (χ2v) is 3.89. The summed E-state index contributed by atoms with van der Waals surface area (Å²) >= 11 is 0. The van der Waals surface area contributed by atoms with Crippen LogP contribution in [0, 0.1) is 5.92 Å². The van der Waals surface area contributed by atoms with Crippen LogP contribution in [0.5, 0.6) is 0 Å². The fraction of sp³-hybridized carbons (Fsp3) is 1.00. The molecule has 0 aliphatic rings. The van der Waals surface area contributed by atoms with Crippen molar-refractivity contribution in [1.29, 1.82) is 0 Å². The molecule has 0 aliphatic heterocycles. The summed E-state index contributed by atoms with van der Waals surface area (Å²) in [4.78, 5) is 2.44. The van der Waals surface area contributed by atoms with Gasteiger partial charge in [0.2, 0.25) is 0 Å². The lowest BCUT2D eigenvalue weighted by Crippen LogP contribution is -2.38. The Balaban J connectivity index is 3.90. The summed E-state index contributed by atoms with van der Waals surface area (Å²) in [6.07, 6.45) is 1.28. The van der Waals surface area contributed by atoms with Gasteiger partial charge in [-0.3, -0.25) is 0 Å². The van der Waals surface area contributed by atoms with E-state index in [0.717, 1.165) is 5.92 Å². The van der Waals surface area contributed by atoms with Crippen LogP contribution >= 0.6 is 0 Å². The summed E-state index contributed by atoms with van der Waals surface area (Å²) < 4.78 is 0. The zero-order valence-electron chi connectivity index (χ0n) is 8.89. The second kappa shape index (κ2) is 4.76. The van der Waals surface area contributed by atoms with Gasteiger partial charge in [0.25, 0.3) is 0 Å². The summed E-state index contributed by atoms with van der Waals surface area (Å²) in [6, 6.07) is 1.37. The summed E-state index contributed by atoms with van der Waals surface area (Å²) in [5, 5.41) is 0. The van der Waals surface area contributed by atoms with Crippen LogP contribution in [0.2, 0.25) is 0 Å². The van der Waals surface area contributed by atoms with Crippen LogP contribution in [0.4, 0.5) is 0 Å². The Morgan fingerprint density at radius 1 is 1.09 bits per heavy atom. The molecule has 0 aromatic carbocycles. The molecule has 0 N–H and O–H groups in total. The predicted molar refractivity (Wildman–Crippen MR) is 51.8 cm³/mol. The molecule has 0 aliphatic carbocycles. The zero-order valence-corrected chi connectivity index (χ0v) is 8.89. The van der Waals surface area contributed by atoms with E-state index in [2.05, 4.69) is 46.6 Å². The Morgan fingerprint density at radius 2 is 1.55 bits per heavy atom. The van der Waals surface area contributed by atoms with Crippen LogP contribution < -0.4 is 0 Å². The maximum Gasteiger partial charge on any atom is 0.00921 e. The molecular weight excluding hydrogens is 134 g/mol. The van der Waals surface area contributed by atoms with Crippen LogP contribution in [0.25, 0.3) is 0 Å². The number of nitrogens with zero attached hydrogens (tertiary/aromatic N) is 1. The van der Waals surface area contributed by atoms with Gasteiger partial charge < -0.3 is 4.90 Å². The van der Waals surface area contributed by atoms with Crippen molar-refractivity contribution < 1.29 is 0 Å². The van der Waals surface area contributed by atoms with Gasteiger partial charge in [0.15, 0.2) is 0 Å². The third-order valence-electron chi connectivity index (χ3n) is 2.92. The van der Waals surface area contributed by atoms with E-state index < -0.39 is 0 Å². The molecule has 0 saturated heterocycles. The standard InChI is InChI=1S/C10H23N/c1-7-9(4)10(5)11(6)8(2)3/h8-10H,7H2,1-6H3. The highest BCUT2D eigenvalue weighted by atomic mass is 15.1. The molecule has 0 radical (unpaired) electrons. The van der Waals surface area contributed by atoms with Gasteiger partial charge in [0, 0.05) is 12.1 Å². The SMILES string of the molecule is CCC(C)C(C)N(C)C(C)C. The lowest BCUT2D eigenvalue weighted by atomic mass is 9.99. The molecule has 0 amide bonds. The minimum absolute atomic E-state index is 0.666. The molecule has 0 spiro atoms. The van der Waals surface area contributed by atoms with Crippen molar-refractivity contribution in [2.45, 2.75) is 53.1 Å². The average molecular weight is 157 g/mol. The topological polar surface area (TPSA) is 3.24 Å². The average Bonchev–Trinajstić information content (AvgIpc) is 2.00. The Hall–Kier alpha value is -0.0400. The van der Waals surface area contributed by atoms with Crippen LogP contribution in [0.1, 0.15) is 41.0 Å². The van der Waals surface area contributed by atoms with Crippen molar-refractivity contribution in [1.82, 2.24) is 4.90 Å². The van der Waals surface area contributed by atoms with Gasteiger partial charge in [-0.25, -0.2) is 0 Å². The Morgan fingerprint density at radius 3 is 1.82 bits per heavy atom. The summed E-state index contributed by atoms with van der Waals surface area (Å²) in [6.45, 7) is 11.4. The van der Waals surface area contributed by atoms with Crippen molar-refractivity contribution in [3.63, 3.8) is 0 Å². The van der Waals surface area contributed by atoms with Crippen molar-refractivity contribution in [3.8, 4) is 0 Å². The first-order chi connectivity index (χ1) is 5.00. The molecule has 0 saturated carbocycles. The summed E-state index contributed by atoms with van der Waals surface area (Å²) in [7, 11) is 2.21. The molecule has 0 fully saturated rings. The molecule has 0 aromatic rings. The van der Waals surface area contributed by atoms with E-state index in [-0.39, 0.29) is 0 Å². The Bertz CT molecular complexity index is 99.0. The number of rotatable bonds is 4. The molecule has 2 unspecified atom stereocenters. The molecule has 0 bridgehead atoms. The van der Waals surface area contributed by atoms with Gasteiger partial charge in [-0.1, -0.05) is 20.3 Å². The predicted octanol–water partition coefficient (Wildman–Crippen LogP) is 2.76. The van der Waals surface area contributed by atoms with E-state index in [9.17, 15) is 0 Å². The van der Waals surface area contributed by atoms with E-state index >= 15 is 0 Å². The number of hydrogen-bond donors (Lipinski definition) is 0. The zero-order chi connectivity index (χ0) is 9.02. The molecule has 11 heavy (non-hydrogen) atoms. The fourth-order valence-corrected chi connectivity index (χ4v) is 1.21. The number of hydrogen-bond acceptors (Lipinski definition) is 1. The molecular formula is C10H23N. The second-order valence-electron chi connectivity index (χ2n) is 3.89. The maximum absolute atomic E-state index is 2.44. The lowest BCUT2D eigenvalue weighted by molar-refractivity contribution is 0.158. The minimum Gasteiger partial charge on any atom is -0.301 e. The molecule has 2 atom stereocenters. The highest BCUT2D eigenvalue weighted by molar-refractivity contribution is 4.71. The van der Waals surface area contributed by atoms with Crippen LogP contribution in [-0.2, 0) is 0 Å². The third-order valence-corrected chi connectivity index (χ3v) is 2.92. The van der Waals surface area contributed by atoms with Gasteiger partial charge in [-0.15, -0.1) is 0 Å². The van der Waals surface area contributed by atoms with E-state index in [0.29, 0.717) is 12.1 Å². The first-order valence-electron chi connectivity index (χ1n) is 4.72. The highest BCUT2D eigenvalue weighted by Gasteiger charge is 2.16. The van der Waals surface area contributed by atoms with Crippen molar-refractivity contribution >= 4 is 0 Å². The van der Waals surface area contributed by atoms with E-state index in [1.807, 2.05) is 0 Å². The van der Waals surface area contributed by atoms with E-state index in [1.54, 1.807) is 0 Å². The molecule has 1 heteroatoms. The van der Waals surface area contributed by atoms with Crippen LogP contribution in [0.15, 0.2) is 0 Å². The third kappa shape index (κ3) is 3.24. The van der Waals surface area contributed by atoms with Gasteiger partial charge in [-0.05, 0) is 33.7 Å². The van der Waals surface area contributed by atoms with Crippen molar-refractivity contribution in [2.75, 3.05) is 7.05 Å². The molecule has 68 valence electrons. The van der Waals surface area contributed by atoms with Gasteiger partial charge in [-0.2, -0.15) is 0 Å². The van der Waals surface area contributed by atoms with Crippen molar-refractivity contribution in [2.24, 2.45) is 5.92 Å². The monoisotopic (exact) mass is 157 g/mol. The normalized spacial score (nSPS) is 17.5. The first kappa shape index (κ1) is 11.0. The van der Waals surface area contributed by atoms with Crippen LogP contribution in [0.3, 0.4) is 0 Å². The molecule has 0 heterocycles. The Labute approximate surface area is 71.8 Å². The van der Waals surface area contributed by atoms with Gasteiger partial charge >= 0.3 is 0 Å². The van der Waals surface area contributed by atoms with Crippen LogP contribution in [-0.4, -0.2) is 24.0 Å². The Kier molecular flexibility index (Phi) is 4.74. The molecule has 0 aromatic heterocycles. The smallest absolute Gasteiger partial charge is 0.00921 e. The summed E-state index contributed by atoms with van der Waals surface area (Å²) in [5.41, 5.74) is 0. The minimum atomic E-state index is 0.666. The van der Waals surface area contributed by atoms with Crippen molar-refractivity contribution in [3.05, 3.63) is 0 Å². The van der Waals surface area contributed by atoms with E-state index in [4.69, 9.17) is 0 Å². The maximum atomic E-state index is 2.44. The quantitative estimate of drug-likeness (QED) is 0.606. The van der Waals surface area contributed by atoms with E-state index in [1.165, 1.54) is 6.42 Å². The summed E-state index contributed by atoms with van der Waals surface area (Å²) in [5.74, 6) is 0.808. The van der Waals surface area contributed by atoms with Gasteiger partial charge in [0.05, 0.1) is 0 Å².